The molecule has 0 bridgehead atoms. The molecular weight excluding hydrogens is 458 g/mol. The lowest BCUT2D eigenvalue weighted by atomic mass is 9.95. The van der Waals surface area contributed by atoms with Crippen molar-refractivity contribution < 1.29 is 29.0 Å². The number of pyridine rings is 1. The molecule has 2 aromatic heterocycles. The Morgan fingerprint density at radius 3 is 2.44 bits per heavy atom. The number of aryl methyl sites for hydroxylation is 1. The van der Waals surface area contributed by atoms with Gasteiger partial charge in [0.15, 0.2) is 5.13 Å². The minimum absolute atomic E-state index is 0.0908. The Morgan fingerprint density at radius 1 is 1.15 bits per heavy atom. The molecule has 174 valence electrons. The predicted octanol–water partition coefficient (Wildman–Crippen LogP) is 3.66. The molecule has 0 aliphatic carbocycles. The Hall–Kier alpha value is -4.05. The highest BCUT2D eigenvalue weighted by Gasteiger charge is 2.48. The molecule has 3 aromatic rings. The van der Waals surface area contributed by atoms with Crippen LogP contribution in [0.2, 0.25) is 0 Å². The van der Waals surface area contributed by atoms with Gasteiger partial charge in [-0.05, 0) is 43.7 Å². The van der Waals surface area contributed by atoms with Crippen molar-refractivity contribution in [3.05, 3.63) is 76.1 Å². The van der Waals surface area contributed by atoms with E-state index < -0.39 is 23.7 Å². The second-order valence-corrected chi connectivity index (χ2v) is 8.29. The second kappa shape index (κ2) is 9.44. The van der Waals surface area contributed by atoms with Crippen molar-refractivity contribution in [3.8, 4) is 5.75 Å². The number of methoxy groups -OCH3 is 1. The van der Waals surface area contributed by atoms with E-state index in [1.165, 1.54) is 24.4 Å². The molecule has 0 radical (unpaired) electrons. The predicted molar refractivity (Wildman–Crippen MR) is 125 cm³/mol. The largest absolute Gasteiger partial charge is 0.507 e. The Kier molecular flexibility index (Phi) is 6.42. The van der Waals surface area contributed by atoms with E-state index in [4.69, 9.17) is 9.47 Å². The van der Waals surface area contributed by atoms with Gasteiger partial charge in [0.1, 0.15) is 16.4 Å². The molecule has 1 unspecified atom stereocenters. The number of anilines is 1. The van der Waals surface area contributed by atoms with Crippen LogP contribution in [0.15, 0.2) is 54.4 Å². The van der Waals surface area contributed by atoms with Crippen molar-refractivity contribution in [3.63, 3.8) is 0 Å². The summed E-state index contributed by atoms with van der Waals surface area (Å²) in [5.74, 6) is -2.02. The van der Waals surface area contributed by atoms with Gasteiger partial charge < -0.3 is 14.6 Å². The third kappa shape index (κ3) is 4.03. The molecule has 1 fully saturated rings. The van der Waals surface area contributed by atoms with Gasteiger partial charge in [0, 0.05) is 18.0 Å². The number of thiazole rings is 1. The maximum atomic E-state index is 13.2. The number of nitrogens with zero attached hydrogens (tertiary/aromatic N) is 3. The van der Waals surface area contributed by atoms with Gasteiger partial charge in [-0.3, -0.25) is 19.5 Å². The number of carbonyl (C=O) groups is 3. The summed E-state index contributed by atoms with van der Waals surface area (Å²) in [5, 5.41) is 11.2. The lowest BCUT2D eigenvalue weighted by Gasteiger charge is -2.23. The van der Waals surface area contributed by atoms with Crippen LogP contribution in [-0.4, -0.2) is 46.5 Å². The van der Waals surface area contributed by atoms with Crippen LogP contribution in [0.4, 0.5) is 5.13 Å². The first-order chi connectivity index (χ1) is 16.4. The molecule has 9 nitrogen and oxygen atoms in total. The molecule has 4 rings (SSSR count). The molecule has 1 aromatic carbocycles. The van der Waals surface area contributed by atoms with Crippen LogP contribution in [0, 0.1) is 6.92 Å². The van der Waals surface area contributed by atoms with Gasteiger partial charge in [0.2, 0.25) is 0 Å². The highest BCUT2D eigenvalue weighted by Crippen LogP contribution is 2.44. The van der Waals surface area contributed by atoms with Gasteiger partial charge in [-0.25, -0.2) is 9.78 Å². The number of hydrogen-bond donors (Lipinski definition) is 1. The van der Waals surface area contributed by atoms with Gasteiger partial charge in [0.25, 0.3) is 5.78 Å². The highest BCUT2D eigenvalue weighted by atomic mass is 32.1. The fraction of sp³-hybridized carbons (Fsp3) is 0.208. The van der Waals surface area contributed by atoms with Gasteiger partial charge in [-0.1, -0.05) is 23.5 Å². The summed E-state index contributed by atoms with van der Waals surface area (Å²) in [6.07, 6.45) is 2.95. The molecular formula is C24H21N3O6S. The summed E-state index contributed by atoms with van der Waals surface area (Å²) < 4.78 is 10.3. The summed E-state index contributed by atoms with van der Waals surface area (Å²) in [6.45, 7) is 3.51. The van der Waals surface area contributed by atoms with Crippen molar-refractivity contribution in [2.24, 2.45) is 0 Å². The number of rotatable bonds is 6. The van der Waals surface area contributed by atoms with E-state index in [0.29, 0.717) is 22.6 Å². The third-order valence-corrected chi connectivity index (χ3v) is 6.42. The summed E-state index contributed by atoms with van der Waals surface area (Å²) >= 11 is 0.955. The van der Waals surface area contributed by atoms with E-state index in [9.17, 15) is 19.5 Å². The van der Waals surface area contributed by atoms with Crippen LogP contribution in [0.3, 0.4) is 0 Å². The molecule has 0 spiro atoms. The zero-order chi connectivity index (χ0) is 24.4. The minimum atomic E-state index is -0.973. The monoisotopic (exact) mass is 479 g/mol. The molecule has 34 heavy (non-hydrogen) atoms. The fourth-order valence-corrected chi connectivity index (χ4v) is 4.66. The molecule has 1 N–H and O–H groups in total. The molecule has 1 aliphatic heterocycles. The van der Waals surface area contributed by atoms with E-state index in [1.54, 1.807) is 50.2 Å². The average molecular weight is 480 g/mol. The van der Waals surface area contributed by atoms with Crippen LogP contribution in [0.25, 0.3) is 5.76 Å². The second-order valence-electron chi connectivity index (χ2n) is 7.31. The molecule has 1 amide bonds. The van der Waals surface area contributed by atoms with Crippen molar-refractivity contribution in [1.29, 1.82) is 0 Å². The van der Waals surface area contributed by atoms with E-state index in [1.807, 2.05) is 0 Å². The fourth-order valence-electron chi connectivity index (χ4n) is 3.67. The van der Waals surface area contributed by atoms with Gasteiger partial charge in [-0.15, -0.1) is 0 Å². The van der Waals surface area contributed by atoms with Crippen molar-refractivity contribution in [1.82, 2.24) is 9.97 Å². The highest BCUT2D eigenvalue weighted by molar-refractivity contribution is 7.17. The lowest BCUT2D eigenvalue weighted by Crippen LogP contribution is -2.29. The molecule has 1 aliphatic rings. The van der Waals surface area contributed by atoms with Gasteiger partial charge in [-0.2, -0.15) is 0 Å². The smallest absolute Gasteiger partial charge is 0.350 e. The number of ether oxygens (including phenoxy) is 2. The number of aliphatic hydroxyl groups excluding tert-OH is 1. The number of amides is 1. The first kappa shape index (κ1) is 23.1. The number of ketones is 1. The van der Waals surface area contributed by atoms with Crippen molar-refractivity contribution >= 4 is 39.9 Å². The molecule has 10 heteroatoms. The van der Waals surface area contributed by atoms with Crippen LogP contribution in [0.5, 0.6) is 5.75 Å². The minimum Gasteiger partial charge on any atom is -0.507 e. The normalized spacial score (nSPS) is 17.1. The number of esters is 1. The topological polar surface area (TPSA) is 119 Å². The zero-order valence-electron chi connectivity index (χ0n) is 18.6. The van der Waals surface area contributed by atoms with Crippen LogP contribution >= 0.6 is 11.3 Å². The number of aromatic nitrogens is 2. The Labute approximate surface area is 199 Å². The van der Waals surface area contributed by atoms with E-state index >= 15 is 0 Å². The zero-order valence-corrected chi connectivity index (χ0v) is 19.5. The quantitative estimate of drug-likeness (QED) is 0.246. The number of Topliss-reactive ketones (excluding diaryl/α,β-unsaturated/α-hetero) is 1. The summed E-state index contributed by atoms with van der Waals surface area (Å²) in [5.41, 5.74) is 1.19. The van der Waals surface area contributed by atoms with Crippen LogP contribution in [-0.2, 0) is 14.3 Å². The Bertz CT molecular complexity index is 1280. The molecule has 3 heterocycles. The Balaban J connectivity index is 1.90. The number of carbonyl (C=O) groups excluding carboxylic acids is 3. The SMILES string of the molecule is CCOC(=O)c1sc(N2C(=O)C(=O)/C(=C(/O)c3ccncc3)C2c2ccc(OC)cc2)nc1C. The first-order valence-electron chi connectivity index (χ1n) is 10.4. The number of hydrogen-bond acceptors (Lipinski definition) is 9. The summed E-state index contributed by atoms with van der Waals surface area (Å²) in [6, 6.07) is 8.90. The van der Waals surface area contributed by atoms with Crippen LogP contribution < -0.4 is 9.64 Å². The van der Waals surface area contributed by atoms with E-state index in [0.717, 1.165) is 11.3 Å². The average Bonchev–Trinajstić information content (AvgIpc) is 3.36. The first-order valence-corrected chi connectivity index (χ1v) is 11.2. The summed E-state index contributed by atoms with van der Waals surface area (Å²) in [4.78, 5) is 48.5. The van der Waals surface area contributed by atoms with Crippen molar-refractivity contribution in [2.75, 3.05) is 18.6 Å². The van der Waals surface area contributed by atoms with Crippen LogP contribution in [0.1, 0.15) is 39.5 Å². The summed E-state index contributed by atoms with van der Waals surface area (Å²) in [7, 11) is 1.53. The lowest BCUT2D eigenvalue weighted by molar-refractivity contribution is -0.132. The maximum absolute atomic E-state index is 13.2. The van der Waals surface area contributed by atoms with Gasteiger partial charge in [0.05, 0.1) is 31.0 Å². The number of benzene rings is 1. The Morgan fingerprint density at radius 2 is 1.82 bits per heavy atom. The third-order valence-electron chi connectivity index (χ3n) is 5.28. The van der Waals surface area contributed by atoms with Crippen molar-refractivity contribution in [2.45, 2.75) is 19.9 Å². The maximum Gasteiger partial charge on any atom is 0.350 e. The molecule has 0 saturated carbocycles. The van der Waals surface area contributed by atoms with E-state index in [2.05, 4.69) is 9.97 Å². The van der Waals surface area contributed by atoms with E-state index in [-0.39, 0.29) is 27.9 Å². The standard InChI is InChI=1S/C24H21N3O6S/c1-4-33-23(31)21-13(2)26-24(34-21)27-18(14-5-7-16(32-3)8-6-14)17(20(29)22(27)30)19(28)15-9-11-25-12-10-15/h5-12,18,28H,4H2,1-3H3/b19-17+. The van der Waals surface area contributed by atoms with Gasteiger partial charge >= 0.3 is 11.9 Å². The molecule has 1 atom stereocenters. The molecule has 1 saturated heterocycles. The number of aliphatic hydroxyl groups is 1.